The Morgan fingerprint density at radius 1 is 1.00 bits per heavy atom. The number of rotatable bonds is 7. The van der Waals surface area contributed by atoms with E-state index in [1.807, 2.05) is 24.3 Å². The first-order chi connectivity index (χ1) is 17.7. The number of fused-ring (bicyclic) bond motifs is 1. The minimum absolute atomic E-state index is 0.224. The average Bonchev–Trinajstić information content (AvgIpc) is 3.23. The first kappa shape index (κ1) is 25.1. The predicted octanol–water partition coefficient (Wildman–Crippen LogP) is 6.50. The smallest absolute Gasteiger partial charge is 0.264 e. The lowest BCUT2D eigenvalue weighted by Crippen LogP contribution is -2.15. The van der Waals surface area contributed by atoms with E-state index < -0.39 is 26.6 Å². The maximum Gasteiger partial charge on any atom is 0.264 e. The highest BCUT2D eigenvalue weighted by Crippen LogP contribution is 2.30. The van der Waals surface area contributed by atoms with Crippen LogP contribution in [0.3, 0.4) is 0 Å². The zero-order chi connectivity index (χ0) is 26.2. The van der Waals surface area contributed by atoms with Crippen molar-refractivity contribution >= 4 is 54.7 Å². The number of aromatic nitrogens is 3. The zero-order valence-electron chi connectivity index (χ0n) is 18.8. The minimum atomic E-state index is -4.26. The number of benzene rings is 3. The first-order valence-electron chi connectivity index (χ1n) is 10.8. The Labute approximate surface area is 224 Å². The van der Waals surface area contributed by atoms with Crippen LogP contribution >= 0.6 is 27.5 Å². The van der Waals surface area contributed by atoms with Crippen LogP contribution in [0.15, 0.2) is 88.4 Å². The molecule has 0 radical (unpaired) electrons. The second kappa shape index (κ2) is 10.1. The third-order valence-electron chi connectivity index (χ3n) is 5.41. The van der Waals surface area contributed by atoms with Crippen molar-refractivity contribution in [2.24, 2.45) is 0 Å². The highest BCUT2D eigenvalue weighted by molar-refractivity contribution is 9.10. The van der Waals surface area contributed by atoms with E-state index in [0.717, 1.165) is 23.3 Å². The molecule has 0 amide bonds. The van der Waals surface area contributed by atoms with Gasteiger partial charge in [-0.3, -0.25) is 4.72 Å². The molecule has 0 aliphatic rings. The largest absolute Gasteiger partial charge is 0.366 e. The van der Waals surface area contributed by atoms with Crippen LogP contribution in [0.25, 0.3) is 16.9 Å². The maximum atomic E-state index is 14.1. The van der Waals surface area contributed by atoms with Crippen molar-refractivity contribution in [2.45, 2.75) is 11.4 Å². The van der Waals surface area contributed by atoms with Gasteiger partial charge in [0.25, 0.3) is 10.0 Å². The zero-order valence-corrected chi connectivity index (χ0v) is 21.9. The Balaban J connectivity index is 1.41. The molecule has 37 heavy (non-hydrogen) atoms. The minimum Gasteiger partial charge on any atom is -0.366 e. The van der Waals surface area contributed by atoms with Crippen LogP contribution in [0.2, 0.25) is 5.02 Å². The normalized spacial score (nSPS) is 11.6. The van der Waals surface area contributed by atoms with Crippen molar-refractivity contribution in [3.63, 3.8) is 0 Å². The molecule has 0 fully saturated rings. The number of hydrogen-bond acceptors (Lipinski definition) is 5. The first-order valence-corrected chi connectivity index (χ1v) is 13.5. The van der Waals surface area contributed by atoms with Crippen LogP contribution in [0.4, 0.5) is 20.3 Å². The Bertz CT molecular complexity index is 1750. The van der Waals surface area contributed by atoms with E-state index in [-0.39, 0.29) is 5.69 Å². The molecule has 0 unspecified atom stereocenters. The van der Waals surface area contributed by atoms with Gasteiger partial charge in [0.2, 0.25) is 0 Å². The van der Waals surface area contributed by atoms with Gasteiger partial charge in [0.15, 0.2) is 5.65 Å². The molecule has 3 aromatic carbocycles. The molecule has 0 atom stereocenters. The molecule has 7 nitrogen and oxygen atoms in total. The Kier molecular flexibility index (Phi) is 6.84. The predicted molar refractivity (Wildman–Crippen MR) is 142 cm³/mol. The highest BCUT2D eigenvalue weighted by atomic mass is 79.9. The van der Waals surface area contributed by atoms with Crippen molar-refractivity contribution in [3.8, 4) is 11.3 Å². The molecule has 2 N–H and O–H groups in total. The lowest BCUT2D eigenvalue weighted by molar-refractivity contribution is 0.551. The summed E-state index contributed by atoms with van der Waals surface area (Å²) in [5, 5.41) is 8.22. The van der Waals surface area contributed by atoms with E-state index in [1.54, 1.807) is 35.0 Å². The summed E-state index contributed by atoms with van der Waals surface area (Å²) in [4.78, 5) is 4.03. The van der Waals surface area contributed by atoms with Gasteiger partial charge in [-0.1, -0.05) is 41.9 Å². The van der Waals surface area contributed by atoms with Crippen LogP contribution in [-0.4, -0.2) is 23.0 Å². The molecule has 0 bridgehead atoms. The quantitative estimate of drug-likeness (QED) is 0.221. The monoisotopic (exact) mass is 603 g/mol. The van der Waals surface area contributed by atoms with Gasteiger partial charge in [-0.05, 0) is 51.8 Å². The molecular weight excluding hydrogens is 588 g/mol. The molecule has 5 aromatic rings. The molecular formula is C25H17BrClF2N5O2S. The van der Waals surface area contributed by atoms with Crippen molar-refractivity contribution in [2.75, 3.05) is 10.0 Å². The fourth-order valence-electron chi connectivity index (χ4n) is 3.71. The van der Waals surface area contributed by atoms with Gasteiger partial charge < -0.3 is 5.32 Å². The van der Waals surface area contributed by atoms with Crippen LogP contribution in [-0.2, 0) is 16.6 Å². The lowest BCUT2D eigenvalue weighted by atomic mass is 10.1. The molecule has 0 aliphatic heterocycles. The number of nitrogens with zero attached hydrogens (tertiary/aromatic N) is 3. The van der Waals surface area contributed by atoms with Crippen molar-refractivity contribution < 1.29 is 17.2 Å². The third-order valence-corrected chi connectivity index (χ3v) is 7.72. The standard InChI is InChI=1S/C25H17BrClF2N5O2S/c26-19-14-31-34-24(12-22(32-25(19)34)18-6-1-2-7-20(18)27)30-13-15-4-3-5-17(10-15)33-37(35,36)23-9-8-16(28)11-21(23)29/h1-12,14,30,33H,13H2. The van der Waals surface area contributed by atoms with Gasteiger partial charge >= 0.3 is 0 Å². The summed E-state index contributed by atoms with van der Waals surface area (Å²) >= 11 is 9.86. The number of hydrogen-bond donors (Lipinski definition) is 2. The van der Waals surface area contributed by atoms with Crippen LogP contribution in [0.1, 0.15) is 5.56 Å². The molecule has 0 spiro atoms. The summed E-state index contributed by atoms with van der Waals surface area (Å²) in [6.07, 6.45) is 1.63. The number of halogens is 4. The highest BCUT2D eigenvalue weighted by Gasteiger charge is 2.20. The molecule has 12 heteroatoms. The number of nitrogens with one attached hydrogen (secondary N) is 2. The van der Waals surface area contributed by atoms with E-state index in [9.17, 15) is 17.2 Å². The molecule has 0 saturated heterocycles. The second-order valence-electron chi connectivity index (χ2n) is 7.97. The fourth-order valence-corrected chi connectivity index (χ4v) is 5.40. The molecule has 2 aromatic heterocycles. The maximum absolute atomic E-state index is 14.1. The van der Waals surface area contributed by atoms with E-state index in [0.29, 0.717) is 39.3 Å². The van der Waals surface area contributed by atoms with Gasteiger partial charge in [0.05, 0.1) is 16.4 Å². The van der Waals surface area contributed by atoms with E-state index in [4.69, 9.17) is 11.6 Å². The fraction of sp³-hybridized carbons (Fsp3) is 0.0400. The molecule has 188 valence electrons. The summed E-state index contributed by atoms with van der Waals surface area (Å²) in [6, 6.07) is 18.1. The topological polar surface area (TPSA) is 88.4 Å². The van der Waals surface area contributed by atoms with Gasteiger partial charge in [0, 0.05) is 35.0 Å². The molecule has 0 saturated carbocycles. The second-order valence-corrected chi connectivity index (χ2v) is 10.9. The van der Waals surface area contributed by atoms with Crippen molar-refractivity contribution in [1.29, 1.82) is 0 Å². The van der Waals surface area contributed by atoms with Gasteiger partial charge in [0.1, 0.15) is 22.3 Å². The van der Waals surface area contributed by atoms with Crippen molar-refractivity contribution in [3.05, 3.63) is 106 Å². The summed E-state index contributed by atoms with van der Waals surface area (Å²) in [5.74, 6) is -1.41. The average molecular weight is 605 g/mol. The summed E-state index contributed by atoms with van der Waals surface area (Å²) in [5.41, 5.74) is 2.94. The van der Waals surface area contributed by atoms with Gasteiger partial charge in [-0.15, -0.1) is 0 Å². The van der Waals surface area contributed by atoms with Crippen LogP contribution in [0, 0.1) is 11.6 Å². The third kappa shape index (κ3) is 5.29. The van der Waals surface area contributed by atoms with E-state index >= 15 is 0 Å². The van der Waals surface area contributed by atoms with Crippen LogP contribution < -0.4 is 10.0 Å². The number of anilines is 2. The Morgan fingerprint density at radius 3 is 2.59 bits per heavy atom. The summed E-state index contributed by atoms with van der Waals surface area (Å²) in [6.45, 7) is 0.305. The van der Waals surface area contributed by atoms with E-state index in [1.165, 1.54) is 6.07 Å². The Morgan fingerprint density at radius 2 is 1.81 bits per heavy atom. The summed E-state index contributed by atoms with van der Waals surface area (Å²) in [7, 11) is -4.26. The van der Waals surface area contributed by atoms with Gasteiger partial charge in [-0.2, -0.15) is 9.61 Å². The molecule has 0 aliphatic carbocycles. The van der Waals surface area contributed by atoms with Crippen molar-refractivity contribution in [1.82, 2.24) is 14.6 Å². The Hall–Kier alpha value is -3.54. The van der Waals surface area contributed by atoms with E-state index in [2.05, 4.69) is 36.1 Å². The SMILES string of the molecule is O=S(=O)(Nc1cccc(CNc2cc(-c3ccccc3Cl)nc3c(Br)cnn23)c1)c1ccc(F)cc1F. The van der Waals surface area contributed by atoms with Gasteiger partial charge in [-0.25, -0.2) is 22.2 Å². The molecule has 5 rings (SSSR count). The van der Waals surface area contributed by atoms with Crippen LogP contribution in [0.5, 0.6) is 0 Å². The molecule has 2 heterocycles. The number of sulfonamides is 1. The lowest BCUT2D eigenvalue weighted by Gasteiger charge is -2.13. The summed E-state index contributed by atoms with van der Waals surface area (Å²) < 4.78 is 57.2.